The van der Waals surface area contributed by atoms with E-state index < -0.39 is 36.3 Å². The molecule has 3 aromatic rings. The first-order chi connectivity index (χ1) is 19.0. The minimum atomic E-state index is -4.13. The average Bonchev–Trinajstić information content (AvgIpc) is 3.53. The van der Waals surface area contributed by atoms with Gasteiger partial charge in [0.2, 0.25) is 0 Å². The van der Waals surface area contributed by atoms with Crippen LogP contribution >= 0.6 is 19.5 Å². The van der Waals surface area contributed by atoms with Gasteiger partial charge in [-0.15, -0.1) is 11.8 Å². The first kappa shape index (κ1) is 29.0. The van der Waals surface area contributed by atoms with Crippen molar-refractivity contribution in [2.24, 2.45) is 7.05 Å². The molecule has 3 N–H and O–H groups in total. The number of nitrogens with two attached hydrogens (primary N) is 1. The van der Waals surface area contributed by atoms with E-state index >= 15 is 0 Å². The van der Waals surface area contributed by atoms with E-state index in [1.807, 2.05) is 6.08 Å². The summed E-state index contributed by atoms with van der Waals surface area (Å²) in [4.78, 5) is 43.3. The van der Waals surface area contributed by atoms with Crippen LogP contribution in [0.5, 0.6) is 5.75 Å². The molecule has 15 nitrogen and oxygen atoms in total. The Bertz CT molecular complexity index is 1530. The van der Waals surface area contributed by atoms with E-state index in [0.29, 0.717) is 17.0 Å². The molecule has 4 rings (SSSR count). The molecule has 0 bridgehead atoms. The first-order valence-corrected chi connectivity index (χ1v) is 14.3. The third-order valence-electron chi connectivity index (χ3n) is 5.63. The van der Waals surface area contributed by atoms with E-state index in [1.54, 1.807) is 36.5 Å². The zero-order valence-electron chi connectivity index (χ0n) is 21.4. The number of esters is 1. The lowest BCUT2D eigenvalue weighted by Crippen LogP contribution is -2.35. The van der Waals surface area contributed by atoms with Crippen LogP contribution < -0.4 is 21.0 Å². The number of benzene rings is 1. The molecule has 1 aromatic carbocycles. The second kappa shape index (κ2) is 12.5. The van der Waals surface area contributed by atoms with Crippen molar-refractivity contribution in [3.63, 3.8) is 0 Å². The smallest absolute Gasteiger partial charge is 0.456 e. The Labute approximate surface area is 232 Å². The highest BCUT2D eigenvalue weighted by Gasteiger charge is 2.34. The molecule has 0 saturated carbocycles. The molecule has 3 atom stereocenters. The zero-order chi connectivity index (χ0) is 28.9. The SMILES string of the molecule is C[C@H](NP(=O)(OCC1=CC[C@H](n2ccc(N)nc2=O)S1)Oc1ccccc1)C(=O)OCc1cnc([N+](=O)[O-])n1C. The fourth-order valence-corrected chi connectivity index (χ4v) is 6.26. The summed E-state index contributed by atoms with van der Waals surface area (Å²) >= 11 is 1.33. The molecule has 17 heteroatoms. The van der Waals surface area contributed by atoms with E-state index in [0.717, 1.165) is 0 Å². The predicted octanol–water partition coefficient (Wildman–Crippen LogP) is 2.91. The summed E-state index contributed by atoms with van der Waals surface area (Å²) in [6.07, 6.45) is 5.13. The van der Waals surface area contributed by atoms with Crippen molar-refractivity contribution in [2.75, 3.05) is 12.3 Å². The number of ether oxygens (including phenoxy) is 1. The Hall–Kier alpha value is -3.98. The highest BCUT2D eigenvalue weighted by Crippen LogP contribution is 2.48. The van der Waals surface area contributed by atoms with Crippen molar-refractivity contribution in [2.45, 2.75) is 31.4 Å². The Balaban J connectivity index is 1.40. The number of nitrogen functional groups attached to an aromatic ring is 1. The minimum absolute atomic E-state index is 0.125. The standard InChI is InChI=1S/C23H26N7O8PS/c1-15(21(31)36-13-16-12-25-22(28(16)2)30(33)34)27-39(35,38-17-6-4-3-5-7-17)37-14-18-8-9-20(40-18)29-11-10-19(24)26-23(29)32/h3-8,10-12,15,20H,9,13-14H2,1-2H3,(H,27,35)(H2,24,26,32)/t15-,20+,39?/m0/s1. The minimum Gasteiger partial charge on any atom is -0.456 e. The van der Waals surface area contributed by atoms with Crippen LogP contribution in [0.15, 0.2) is 64.6 Å². The number of allylic oxidation sites excluding steroid dienone is 1. The lowest BCUT2D eigenvalue weighted by atomic mass is 10.3. The van der Waals surface area contributed by atoms with Crippen molar-refractivity contribution in [3.8, 4) is 5.75 Å². The number of anilines is 1. The fourth-order valence-electron chi connectivity index (χ4n) is 3.57. The van der Waals surface area contributed by atoms with Gasteiger partial charge in [-0.3, -0.25) is 13.9 Å². The number of imidazole rings is 1. The third-order valence-corrected chi connectivity index (χ3v) is 8.54. The van der Waals surface area contributed by atoms with Crippen LogP contribution in [-0.2, 0) is 32.3 Å². The molecule has 1 aliphatic rings. The van der Waals surface area contributed by atoms with Crippen LogP contribution in [0.4, 0.5) is 11.8 Å². The normalized spacial score (nSPS) is 17.1. The van der Waals surface area contributed by atoms with Gasteiger partial charge in [-0.05, 0) is 36.5 Å². The molecule has 0 saturated heterocycles. The monoisotopic (exact) mass is 591 g/mol. The zero-order valence-corrected chi connectivity index (χ0v) is 23.1. The molecule has 0 amide bonds. The Morgan fingerprint density at radius 1 is 1.32 bits per heavy atom. The Morgan fingerprint density at radius 2 is 2.08 bits per heavy atom. The van der Waals surface area contributed by atoms with Gasteiger partial charge in [0, 0.05) is 11.1 Å². The van der Waals surface area contributed by atoms with Crippen LogP contribution in [-0.4, -0.2) is 42.6 Å². The van der Waals surface area contributed by atoms with Crippen molar-refractivity contribution in [1.82, 2.24) is 24.2 Å². The molecule has 0 aliphatic carbocycles. The quantitative estimate of drug-likeness (QED) is 0.135. The van der Waals surface area contributed by atoms with Gasteiger partial charge in [0.25, 0.3) is 0 Å². The largest absolute Gasteiger partial charge is 0.459 e. The number of nitrogens with one attached hydrogen (secondary N) is 1. The number of aromatic nitrogens is 4. The van der Waals surface area contributed by atoms with Crippen LogP contribution in [0.2, 0.25) is 0 Å². The number of nitrogens with zero attached hydrogens (tertiary/aromatic N) is 5. The third kappa shape index (κ3) is 7.15. The average molecular weight is 592 g/mol. The van der Waals surface area contributed by atoms with Gasteiger partial charge < -0.3 is 25.1 Å². The molecule has 0 spiro atoms. The van der Waals surface area contributed by atoms with Gasteiger partial charge in [0.05, 0.1) is 19.0 Å². The van der Waals surface area contributed by atoms with Crippen LogP contribution in [0.25, 0.3) is 0 Å². The molecule has 40 heavy (non-hydrogen) atoms. The lowest BCUT2D eigenvalue weighted by molar-refractivity contribution is -0.396. The number of rotatable bonds is 12. The van der Waals surface area contributed by atoms with Crippen LogP contribution in [0, 0.1) is 10.1 Å². The second-order valence-electron chi connectivity index (χ2n) is 8.52. The molecular formula is C23H26N7O8PS. The van der Waals surface area contributed by atoms with E-state index in [4.69, 9.17) is 19.5 Å². The predicted molar refractivity (Wildman–Crippen MR) is 145 cm³/mol. The number of carbonyl (C=O) groups is 1. The topological polar surface area (TPSA) is 196 Å². The molecule has 3 heterocycles. The molecule has 1 unspecified atom stereocenters. The Kier molecular flexibility index (Phi) is 9.04. The summed E-state index contributed by atoms with van der Waals surface area (Å²) in [5.74, 6) is -0.828. The summed E-state index contributed by atoms with van der Waals surface area (Å²) in [6.45, 7) is 0.992. The van der Waals surface area contributed by atoms with Crippen LogP contribution in [0.3, 0.4) is 0 Å². The van der Waals surface area contributed by atoms with Crippen molar-refractivity contribution in [1.29, 1.82) is 0 Å². The highest BCUT2D eigenvalue weighted by atomic mass is 32.2. The Morgan fingerprint density at radius 3 is 2.75 bits per heavy atom. The maximum absolute atomic E-state index is 13.7. The van der Waals surface area contributed by atoms with Gasteiger partial charge in [0.15, 0.2) is 5.69 Å². The van der Waals surface area contributed by atoms with E-state index in [2.05, 4.69) is 15.1 Å². The molecule has 0 radical (unpaired) electrons. The molecule has 0 fully saturated rings. The van der Waals surface area contributed by atoms with E-state index in [1.165, 1.54) is 47.1 Å². The van der Waals surface area contributed by atoms with Gasteiger partial charge >= 0.3 is 25.4 Å². The highest BCUT2D eigenvalue weighted by molar-refractivity contribution is 8.03. The number of para-hydroxylation sites is 1. The first-order valence-electron chi connectivity index (χ1n) is 11.8. The maximum atomic E-state index is 13.7. The van der Waals surface area contributed by atoms with Gasteiger partial charge in [-0.1, -0.05) is 29.3 Å². The summed E-state index contributed by atoms with van der Waals surface area (Å²) < 4.78 is 33.0. The lowest BCUT2D eigenvalue weighted by Gasteiger charge is -2.23. The molecular weight excluding hydrogens is 565 g/mol. The molecule has 2 aromatic heterocycles. The van der Waals surface area contributed by atoms with Crippen molar-refractivity contribution < 1.29 is 28.1 Å². The maximum Gasteiger partial charge on any atom is 0.459 e. The molecule has 212 valence electrons. The number of carbonyl (C=O) groups excluding carboxylic acids is 1. The summed E-state index contributed by atoms with van der Waals surface area (Å²) in [6, 6.07) is 8.66. The van der Waals surface area contributed by atoms with Gasteiger partial charge in [0.1, 0.15) is 30.4 Å². The number of hydrogen-bond acceptors (Lipinski definition) is 12. The number of hydrogen-bond donors (Lipinski definition) is 2. The van der Waals surface area contributed by atoms with Crippen molar-refractivity contribution in [3.05, 3.63) is 86.1 Å². The second-order valence-corrected chi connectivity index (χ2v) is 11.5. The van der Waals surface area contributed by atoms with Crippen molar-refractivity contribution >= 4 is 37.2 Å². The number of thioether (sulfide) groups is 1. The molecule has 1 aliphatic heterocycles. The van der Waals surface area contributed by atoms with E-state index in [-0.39, 0.29) is 30.2 Å². The van der Waals surface area contributed by atoms with E-state index in [9.17, 15) is 24.3 Å². The summed E-state index contributed by atoms with van der Waals surface area (Å²) in [5.41, 5.74) is 5.37. The summed E-state index contributed by atoms with van der Waals surface area (Å²) in [5, 5.41) is 13.3. The number of nitro groups is 1. The fraction of sp³-hybridized carbons (Fsp3) is 0.304. The van der Waals surface area contributed by atoms with Crippen LogP contribution in [0.1, 0.15) is 24.4 Å². The van der Waals surface area contributed by atoms with Gasteiger partial charge in [-0.2, -0.15) is 10.1 Å². The van der Waals surface area contributed by atoms with Gasteiger partial charge in [-0.25, -0.2) is 13.9 Å². The summed E-state index contributed by atoms with van der Waals surface area (Å²) in [7, 11) is -2.71.